The lowest BCUT2D eigenvalue weighted by Gasteiger charge is -2.51. The van der Waals surface area contributed by atoms with E-state index < -0.39 is 0 Å². The Labute approximate surface area is 170 Å². The second-order valence-electron chi connectivity index (χ2n) is 8.52. The van der Waals surface area contributed by atoms with Crippen LogP contribution in [0.4, 0.5) is 10.5 Å². The number of likely N-dealkylation sites (tertiary alicyclic amines) is 1. The molecule has 150 valence electrons. The molecular weight excluding hydrogens is 366 g/mol. The number of carbonyl (C=O) groups is 1. The molecule has 0 radical (unpaired) electrons. The Morgan fingerprint density at radius 3 is 2.59 bits per heavy atom. The van der Waals surface area contributed by atoms with Gasteiger partial charge in [-0.2, -0.15) is 0 Å². The molecule has 5 heterocycles. The van der Waals surface area contributed by atoms with Crippen LogP contribution in [-0.4, -0.2) is 54.3 Å². The number of nitrogens with one attached hydrogen (secondary N) is 1. The molecule has 0 aliphatic carbocycles. The molecule has 29 heavy (non-hydrogen) atoms. The van der Waals surface area contributed by atoms with Gasteiger partial charge in [-0.25, -0.2) is 4.79 Å². The van der Waals surface area contributed by atoms with E-state index in [0.717, 1.165) is 36.8 Å². The Morgan fingerprint density at radius 1 is 0.966 bits per heavy atom. The van der Waals surface area contributed by atoms with E-state index in [1.54, 1.807) is 0 Å². The Kier molecular flexibility index (Phi) is 3.94. The van der Waals surface area contributed by atoms with Crippen LogP contribution in [0.3, 0.4) is 0 Å². The second kappa shape index (κ2) is 6.66. The monoisotopic (exact) mass is 391 g/mol. The van der Waals surface area contributed by atoms with E-state index in [0.29, 0.717) is 17.9 Å². The molecule has 0 unspecified atom stereocenters. The quantitative estimate of drug-likeness (QED) is 0.851. The van der Waals surface area contributed by atoms with E-state index in [-0.39, 0.29) is 18.9 Å². The van der Waals surface area contributed by atoms with Crippen LogP contribution >= 0.6 is 0 Å². The number of hydrogen-bond acceptors (Lipinski definition) is 4. The Bertz CT molecular complexity index is 926. The van der Waals surface area contributed by atoms with Gasteiger partial charge in [0.2, 0.25) is 6.79 Å². The summed E-state index contributed by atoms with van der Waals surface area (Å²) in [5, 5.41) is 3.11. The maximum absolute atomic E-state index is 13.3. The molecule has 0 aromatic heterocycles. The number of amides is 2. The van der Waals surface area contributed by atoms with Crippen molar-refractivity contribution in [1.29, 1.82) is 0 Å². The normalized spacial score (nSPS) is 31.6. The summed E-state index contributed by atoms with van der Waals surface area (Å²) in [6.45, 7) is 3.30. The highest BCUT2D eigenvalue weighted by molar-refractivity contribution is 5.90. The minimum absolute atomic E-state index is 0.0168. The highest BCUT2D eigenvalue weighted by Crippen LogP contribution is 2.48. The zero-order valence-corrected chi connectivity index (χ0v) is 16.3. The fourth-order valence-electron chi connectivity index (χ4n) is 5.81. The molecule has 7 rings (SSSR count). The van der Waals surface area contributed by atoms with Crippen LogP contribution in [-0.2, 0) is 0 Å². The Hall–Kier alpha value is -2.73. The molecule has 5 aliphatic rings. The molecule has 6 heteroatoms. The minimum atomic E-state index is 0.0168. The first-order chi connectivity index (χ1) is 14.3. The van der Waals surface area contributed by atoms with Crippen LogP contribution in [0.2, 0.25) is 0 Å². The standard InChI is InChI=1S/C23H25N3O3/c27-23(24-17-4-2-1-3-5-17)26-13-18(16-6-7-19-20(12-16)29-14-28-19)22-21(26)15-8-10-25(22)11-9-15/h1-7,12,15,18,21-22H,8-11,13-14H2,(H,24,27)/t18-,21+,22+/m1/s1. The predicted molar refractivity (Wildman–Crippen MR) is 109 cm³/mol. The smallest absolute Gasteiger partial charge is 0.322 e. The van der Waals surface area contributed by atoms with Crippen LogP contribution in [0, 0.1) is 5.92 Å². The third-order valence-corrected chi connectivity index (χ3v) is 7.10. The zero-order chi connectivity index (χ0) is 19.4. The maximum Gasteiger partial charge on any atom is 0.322 e. The first-order valence-electron chi connectivity index (χ1n) is 10.5. The number of nitrogens with zero attached hydrogens (tertiary/aromatic N) is 2. The second-order valence-corrected chi connectivity index (χ2v) is 8.52. The largest absolute Gasteiger partial charge is 0.454 e. The Morgan fingerprint density at radius 2 is 1.76 bits per heavy atom. The van der Waals surface area contributed by atoms with Gasteiger partial charge in [0, 0.05) is 24.2 Å². The number of benzene rings is 2. The summed E-state index contributed by atoms with van der Waals surface area (Å²) in [6.07, 6.45) is 2.37. The van der Waals surface area contributed by atoms with E-state index in [1.807, 2.05) is 36.4 Å². The fourth-order valence-corrected chi connectivity index (χ4v) is 5.81. The summed E-state index contributed by atoms with van der Waals surface area (Å²) in [6, 6.07) is 16.7. The first kappa shape index (κ1) is 17.2. The predicted octanol–water partition coefficient (Wildman–Crippen LogP) is 3.51. The summed E-state index contributed by atoms with van der Waals surface area (Å²) >= 11 is 0. The number of ether oxygens (including phenoxy) is 2. The SMILES string of the molecule is O=C(Nc1ccccc1)N1C[C@H](c2ccc3c(c2)OCO3)[C@H]2[C@@H]1C1CCN2CC1. The molecule has 4 fully saturated rings. The summed E-state index contributed by atoms with van der Waals surface area (Å²) < 4.78 is 11.1. The van der Waals surface area contributed by atoms with Crippen molar-refractivity contribution in [3.63, 3.8) is 0 Å². The fraction of sp³-hybridized carbons (Fsp3) is 0.435. The van der Waals surface area contributed by atoms with Crippen LogP contribution in [0.15, 0.2) is 48.5 Å². The van der Waals surface area contributed by atoms with Crippen LogP contribution in [0.25, 0.3) is 0 Å². The molecule has 6 nitrogen and oxygen atoms in total. The van der Waals surface area contributed by atoms with Gasteiger partial charge < -0.3 is 19.7 Å². The van der Waals surface area contributed by atoms with Gasteiger partial charge in [-0.1, -0.05) is 24.3 Å². The van der Waals surface area contributed by atoms with E-state index in [9.17, 15) is 4.79 Å². The molecular formula is C23H25N3O3. The van der Waals surface area contributed by atoms with Crippen molar-refractivity contribution in [2.45, 2.75) is 30.8 Å². The van der Waals surface area contributed by atoms with Crippen molar-refractivity contribution in [1.82, 2.24) is 9.80 Å². The van der Waals surface area contributed by atoms with Gasteiger partial charge in [0.05, 0.1) is 6.04 Å². The molecule has 2 amide bonds. The maximum atomic E-state index is 13.3. The zero-order valence-electron chi connectivity index (χ0n) is 16.3. The summed E-state index contributed by atoms with van der Waals surface area (Å²) in [7, 11) is 0. The molecule has 0 saturated carbocycles. The number of anilines is 1. The van der Waals surface area contributed by atoms with Gasteiger partial charge in [-0.3, -0.25) is 4.90 Å². The van der Waals surface area contributed by atoms with Crippen LogP contribution in [0.1, 0.15) is 24.3 Å². The van der Waals surface area contributed by atoms with E-state index in [1.165, 1.54) is 18.4 Å². The van der Waals surface area contributed by atoms with Gasteiger partial charge in [-0.15, -0.1) is 0 Å². The van der Waals surface area contributed by atoms with Crippen molar-refractivity contribution >= 4 is 11.7 Å². The number of fused-ring (bicyclic) bond motifs is 3. The van der Waals surface area contributed by atoms with E-state index in [2.05, 4.69) is 27.2 Å². The van der Waals surface area contributed by atoms with Gasteiger partial charge in [0.15, 0.2) is 11.5 Å². The van der Waals surface area contributed by atoms with Crippen molar-refractivity contribution < 1.29 is 14.3 Å². The van der Waals surface area contributed by atoms with Crippen molar-refractivity contribution in [2.75, 3.05) is 31.7 Å². The summed E-state index contributed by atoms with van der Waals surface area (Å²) in [5.74, 6) is 2.51. The third kappa shape index (κ3) is 2.77. The van der Waals surface area contributed by atoms with Crippen LogP contribution in [0.5, 0.6) is 11.5 Å². The molecule has 4 saturated heterocycles. The lowest BCUT2D eigenvalue weighted by atomic mass is 9.75. The molecule has 2 bridgehead atoms. The molecule has 5 aliphatic heterocycles. The molecule has 3 atom stereocenters. The number of para-hydroxylation sites is 1. The number of piperidine rings is 3. The lowest BCUT2D eigenvalue weighted by molar-refractivity contribution is 0.00494. The highest BCUT2D eigenvalue weighted by Gasteiger charge is 2.54. The number of carbonyl (C=O) groups excluding carboxylic acids is 1. The molecule has 2 aromatic rings. The van der Waals surface area contributed by atoms with E-state index >= 15 is 0 Å². The number of urea groups is 1. The molecule has 0 spiro atoms. The molecule has 2 aromatic carbocycles. The van der Waals surface area contributed by atoms with Crippen molar-refractivity contribution in [3.8, 4) is 11.5 Å². The highest BCUT2D eigenvalue weighted by atomic mass is 16.7. The van der Waals surface area contributed by atoms with Crippen molar-refractivity contribution in [2.24, 2.45) is 5.92 Å². The van der Waals surface area contributed by atoms with Gasteiger partial charge in [0.1, 0.15) is 0 Å². The third-order valence-electron chi connectivity index (χ3n) is 7.10. The van der Waals surface area contributed by atoms with Crippen molar-refractivity contribution in [3.05, 3.63) is 54.1 Å². The van der Waals surface area contributed by atoms with Gasteiger partial charge in [-0.05, 0) is 61.7 Å². The summed E-state index contributed by atoms with van der Waals surface area (Å²) in [5.41, 5.74) is 2.09. The lowest BCUT2D eigenvalue weighted by Crippen LogP contribution is -2.61. The first-order valence-corrected chi connectivity index (χ1v) is 10.5. The van der Waals surface area contributed by atoms with Gasteiger partial charge >= 0.3 is 6.03 Å². The van der Waals surface area contributed by atoms with Gasteiger partial charge in [0.25, 0.3) is 0 Å². The average molecular weight is 391 g/mol. The number of hydrogen-bond donors (Lipinski definition) is 1. The Balaban J connectivity index is 1.32. The summed E-state index contributed by atoms with van der Waals surface area (Å²) in [4.78, 5) is 18.0. The minimum Gasteiger partial charge on any atom is -0.454 e. The van der Waals surface area contributed by atoms with Crippen LogP contribution < -0.4 is 14.8 Å². The molecule has 1 N–H and O–H groups in total. The number of rotatable bonds is 2. The van der Waals surface area contributed by atoms with E-state index in [4.69, 9.17) is 9.47 Å². The average Bonchev–Trinajstić information content (AvgIpc) is 3.41. The topological polar surface area (TPSA) is 54.0 Å².